The van der Waals surface area contributed by atoms with Crippen molar-refractivity contribution in [3.05, 3.63) is 56.9 Å². The van der Waals surface area contributed by atoms with Crippen molar-refractivity contribution >= 4 is 45.9 Å². The van der Waals surface area contributed by atoms with Gasteiger partial charge in [0.25, 0.3) is 0 Å². The van der Waals surface area contributed by atoms with Crippen molar-refractivity contribution in [1.82, 2.24) is 0 Å². The first-order valence-corrected chi connectivity index (χ1v) is 9.84. The van der Waals surface area contributed by atoms with E-state index in [0.29, 0.717) is 22.2 Å². The van der Waals surface area contributed by atoms with Gasteiger partial charge in [0.05, 0.1) is 12.2 Å². The molecule has 1 aliphatic carbocycles. The van der Waals surface area contributed by atoms with Gasteiger partial charge in [0.2, 0.25) is 5.91 Å². The van der Waals surface area contributed by atoms with Gasteiger partial charge in [0, 0.05) is 16.0 Å². The number of nitrogens with one attached hydrogen (secondary N) is 1. The molecule has 1 aromatic carbocycles. The van der Waals surface area contributed by atoms with E-state index < -0.39 is 0 Å². The Morgan fingerprint density at radius 3 is 2.69 bits per heavy atom. The second-order valence-corrected chi connectivity index (χ2v) is 7.55. The average Bonchev–Trinajstić information content (AvgIpc) is 2.99. The average molecular weight is 390 g/mol. The van der Waals surface area contributed by atoms with Gasteiger partial charge in [-0.25, -0.2) is 4.79 Å². The van der Waals surface area contributed by atoms with Crippen molar-refractivity contribution in [2.75, 3.05) is 11.9 Å². The molecule has 0 spiro atoms. The van der Waals surface area contributed by atoms with E-state index in [1.165, 1.54) is 22.3 Å². The van der Waals surface area contributed by atoms with E-state index in [1.807, 2.05) is 12.1 Å². The Balaban J connectivity index is 1.80. The van der Waals surface area contributed by atoms with E-state index in [4.69, 9.17) is 16.3 Å². The quantitative estimate of drug-likeness (QED) is 0.571. The van der Waals surface area contributed by atoms with Crippen LogP contribution in [0.15, 0.2) is 30.3 Å². The number of esters is 1. The van der Waals surface area contributed by atoms with Crippen LogP contribution in [0.4, 0.5) is 5.00 Å². The molecule has 2 aromatic rings. The Kier molecular flexibility index (Phi) is 6.12. The van der Waals surface area contributed by atoms with Gasteiger partial charge in [-0.05, 0) is 61.9 Å². The second-order valence-electron chi connectivity index (χ2n) is 6.01. The smallest absolute Gasteiger partial charge is 0.341 e. The van der Waals surface area contributed by atoms with Crippen molar-refractivity contribution in [2.24, 2.45) is 0 Å². The molecule has 0 bridgehead atoms. The van der Waals surface area contributed by atoms with Crippen molar-refractivity contribution in [3.8, 4) is 0 Å². The maximum Gasteiger partial charge on any atom is 0.341 e. The summed E-state index contributed by atoms with van der Waals surface area (Å²) in [5.41, 5.74) is 2.44. The minimum atomic E-state index is -0.358. The number of hydrogen-bond donors (Lipinski definition) is 1. The monoisotopic (exact) mass is 389 g/mol. The fourth-order valence-corrected chi connectivity index (χ4v) is 4.38. The minimum absolute atomic E-state index is 0.274. The van der Waals surface area contributed by atoms with Gasteiger partial charge >= 0.3 is 5.97 Å². The zero-order chi connectivity index (χ0) is 18.5. The molecule has 6 heteroatoms. The van der Waals surface area contributed by atoms with Crippen LogP contribution >= 0.6 is 22.9 Å². The van der Waals surface area contributed by atoms with Crippen LogP contribution < -0.4 is 5.32 Å². The molecule has 0 unspecified atom stereocenters. The summed E-state index contributed by atoms with van der Waals surface area (Å²) in [6.07, 6.45) is 7.14. The molecule has 0 radical (unpaired) electrons. The van der Waals surface area contributed by atoms with Gasteiger partial charge in [-0.2, -0.15) is 0 Å². The van der Waals surface area contributed by atoms with Crippen molar-refractivity contribution < 1.29 is 14.3 Å². The molecule has 3 rings (SSSR count). The first-order valence-electron chi connectivity index (χ1n) is 8.64. The highest BCUT2D eigenvalue weighted by molar-refractivity contribution is 7.17. The normalized spacial score (nSPS) is 13.5. The lowest BCUT2D eigenvalue weighted by atomic mass is 9.95. The zero-order valence-corrected chi connectivity index (χ0v) is 16.1. The predicted octanol–water partition coefficient (Wildman–Crippen LogP) is 5.11. The summed E-state index contributed by atoms with van der Waals surface area (Å²) in [5, 5.41) is 4.09. The number of amides is 1. The van der Waals surface area contributed by atoms with Gasteiger partial charge in [0.1, 0.15) is 5.00 Å². The first kappa shape index (κ1) is 18.7. The molecule has 136 valence electrons. The Bertz CT molecular complexity index is 839. The summed E-state index contributed by atoms with van der Waals surface area (Å²) in [7, 11) is 0. The van der Waals surface area contributed by atoms with Crippen LogP contribution in [0.3, 0.4) is 0 Å². The number of carbonyl (C=O) groups excluding carboxylic acids is 2. The summed E-state index contributed by atoms with van der Waals surface area (Å²) >= 11 is 7.34. The van der Waals surface area contributed by atoms with E-state index in [1.54, 1.807) is 25.1 Å². The molecule has 0 saturated heterocycles. The first-order chi connectivity index (χ1) is 12.6. The third-order valence-corrected chi connectivity index (χ3v) is 5.64. The molecule has 1 amide bonds. The van der Waals surface area contributed by atoms with E-state index in [9.17, 15) is 9.59 Å². The lowest BCUT2D eigenvalue weighted by Crippen LogP contribution is -2.14. The van der Waals surface area contributed by atoms with E-state index in [-0.39, 0.29) is 11.9 Å². The van der Waals surface area contributed by atoms with Gasteiger partial charge in [0.15, 0.2) is 0 Å². The number of halogens is 1. The number of thiophene rings is 1. The Morgan fingerprint density at radius 2 is 1.96 bits per heavy atom. The van der Waals surface area contributed by atoms with Gasteiger partial charge in [-0.3, -0.25) is 4.79 Å². The second kappa shape index (κ2) is 8.52. The van der Waals surface area contributed by atoms with Crippen LogP contribution in [0, 0.1) is 0 Å². The molecule has 0 aliphatic heterocycles. The molecule has 1 aromatic heterocycles. The summed E-state index contributed by atoms with van der Waals surface area (Å²) in [6, 6.07) is 7.20. The lowest BCUT2D eigenvalue weighted by molar-refractivity contribution is -0.111. The summed E-state index contributed by atoms with van der Waals surface area (Å²) in [6.45, 7) is 2.09. The van der Waals surface area contributed by atoms with Crippen molar-refractivity contribution in [2.45, 2.75) is 32.6 Å². The van der Waals surface area contributed by atoms with Crippen LogP contribution in [0.1, 0.15) is 46.1 Å². The fourth-order valence-electron chi connectivity index (χ4n) is 2.97. The predicted molar refractivity (Wildman–Crippen MR) is 106 cm³/mol. The molecule has 0 atom stereocenters. The highest BCUT2D eigenvalue weighted by Crippen LogP contribution is 2.38. The number of rotatable bonds is 5. The van der Waals surface area contributed by atoms with Crippen LogP contribution in [-0.2, 0) is 22.4 Å². The van der Waals surface area contributed by atoms with E-state index in [2.05, 4.69) is 5.32 Å². The molecule has 1 N–H and O–H groups in total. The van der Waals surface area contributed by atoms with Gasteiger partial charge in [-0.1, -0.05) is 23.7 Å². The Hall–Kier alpha value is -2.11. The highest BCUT2D eigenvalue weighted by Gasteiger charge is 2.26. The van der Waals surface area contributed by atoms with Crippen LogP contribution in [0.25, 0.3) is 6.08 Å². The molecule has 0 fully saturated rings. The third kappa shape index (κ3) is 4.34. The van der Waals surface area contributed by atoms with Crippen molar-refractivity contribution in [1.29, 1.82) is 0 Å². The molecule has 0 saturated carbocycles. The minimum Gasteiger partial charge on any atom is -0.462 e. The van der Waals surface area contributed by atoms with Crippen molar-refractivity contribution in [3.63, 3.8) is 0 Å². The largest absolute Gasteiger partial charge is 0.462 e. The number of hydrogen-bond acceptors (Lipinski definition) is 4. The number of carbonyl (C=O) groups is 2. The summed E-state index contributed by atoms with van der Waals surface area (Å²) < 4.78 is 5.20. The number of ether oxygens (including phenoxy) is 1. The maximum atomic E-state index is 12.4. The lowest BCUT2D eigenvalue weighted by Gasteiger charge is -2.12. The van der Waals surface area contributed by atoms with E-state index >= 15 is 0 Å². The highest BCUT2D eigenvalue weighted by atomic mass is 35.5. The Morgan fingerprint density at radius 1 is 1.23 bits per heavy atom. The van der Waals surface area contributed by atoms with E-state index in [0.717, 1.165) is 36.8 Å². The molecular weight excluding hydrogens is 370 g/mol. The number of aryl methyl sites for hydroxylation is 1. The maximum absolute atomic E-state index is 12.4. The fraction of sp³-hybridized carbons (Fsp3) is 0.300. The van der Waals surface area contributed by atoms with Crippen LogP contribution in [-0.4, -0.2) is 18.5 Å². The SMILES string of the molecule is CCOC(=O)c1c(NC(=O)C=Cc2ccc(Cl)cc2)sc2c1CCCC2. The number of fused-ring (bicyclic) bond motifs is 1. The van der Waals surface area contributed by atoms with Crippen LogP contribution in [0.2, 0.25) is 5.02 Å². The van der Waals surface area contributed by atoms with Gasteiger partial charge < -0.3 is 10.1 Å². The number of benzene rings is 1. The molecule has 26 heavy (non-hydrogen) atoms. The zero-order valence-electron chi connectivity index (χ0n) is 14.5. The molecular formula is C20H20ClNO3S. The third-order valence-electron chi connectivity index (χ3n) is 4.18. The Labute approximate surface area is 161 Å². The molecule has 1 heterocycles. The standard InChI is InChI=1S/C20H20ClNO3S/c1-2-25-20(24)18-15-5-3-4-6-16(15)26-19(18)22-17(23)12-9-13-7-10-14(21)11-8-13/h7-12H,2-6H2,1H3,(H,22,23). The summed E-state index contributed by atoms with van der Waals surface area (Å²) in [5.74, 6) is -0.632. The van der Waals surface area contributed by atoms with Gasteiger partial charge in [-0.15, -0.1) is 11.3 Å². The van der Waals surface area contributed by atoms with Crippen LogP contribution in [0.5, 0.6) is 0 Å². The summed E-state index contributed by atoms with van der Waals surface area (Å²) in [4.78, 5) is 25.9. The topological polar surface area (TPSA) is 55.4 Å². The molecule has 1 aliphatic rings. The molecule has 4 nitrogen and oxygen atoms in total. The number of anilines is 1.